The number of nitrogens with zero attached hydrogens (tertiary/aromatic N) is 3. The van der Waals surface area contributed by atoms with Crippen LogP contribution in [0.1, 0.15) is 83.1 Å². The maximum Gasteiger partial charge on any atom is 0 e. The average molecular weight is 699 g/mol. The normalized spacial score (nSPS) is 9.60. The number of rotatable bonds is 10. The zero-order chi connectivity index (χ0) is 29.4. The quantitative estimate of drug-likeness (QED) is 0.166. The Hall–Kier alpha value is -0.132. The van der Waals surface area contributed by atoms with Crippen LogP contribution < -0.4 is 0 Å². The summed E-state index contributed by atoms with van der Waals surface area (Å²) in [7, 11) is 3.55. The first kappa shape index (κ1) is 51.5. The molecule has 0 saturated carbocycles. The molecule has 0 aliphatic carbocycles. The molecule has 11 heteroatoms. The van der Waals surface area contributed by atoms with Gasteiger partial charge in [0.15, 0.2) is 0 Å². The monoisotopic (exact) mass is 699 g/mol. The molecular formula is C24H43N3O5P2W. The Morgan fingerprint density at radius 1 is 0.486 bits per heavy atom. The van der Waals surface area contributed by atoms with Gasteiger partial charge in [0.25, 0.3) is 0 Å². The van der Waals surface area contributed by atoms with E-state index >= 15 is 0 Å². The van der Waals surface area contributed by atoms with Crippen molar-refractivity contribution < 1.29 is 44.3 Å². The minimum atomic E-state index is -0.588. The Morgan fingerprint density at radius 3 is 0.771 bits per heavy atom. The van der Waals surface area contributed by atoms with Crippen LogP contribution in [0.25, 0.3) is 0 Å². The maximum absolute atomic E-state index is 7.50. The SMILES string of the molecule is CC(C)N(C(=P)P(N(C(C)C)C(C)C)N(C(C)C)C(C)C)C(C)C.[C-]#[O+].[C-]#[O+].[C-]#[O+].[C-]#[O+].[C-]#[O+].[W]. The van der Waals surface area contributed by atoms with Crippen LogP contribution in [0.15, 0.2) is 0 Å². The van der Waals surface area contributed by atoms with Crippen LogP contribution in [0.4, 0.5) is 0 Å². The topological polar surface area (TPSA) is 109 Å². The first-order chi connectivity index (χ1) is 15.8. The molecular weight excluding hydrogens is 656 g/mol. The molecule has 0 rings (SSSR count). The predicted molar refractivity (Wildman–Crippen MR) is 136 cm³/mol. The molecule has 0 saturated heterocycles. The van der Waals surface area contributed by atoms with E-state index in [4.69, 9.17) is 23.3 Å². The van der Waals surface area contributed by atoms with Crippen LogP contribution in [0, 0.1) is 33.3 Å². The number of hydrogen-bond acceptors (Lipinski definition) is 2. The van der Waals surface area contributed by atoms with Gasteiger partial charge < -0.3 is 0 Å². The third-order valence-corrected chi connectivity index (χ3v) is 8.29. The molecule has 0 aromatic rings. The molecule has 35 heavy (non-hydrogen) atoms. The molecule has 0 atom stereocenters. The Morgan fingerprint density at radius 2 is 0.657 bits per heavy atom. The van der Waals surface area contributed by atoms with Gasteiger partial charge in [-0.05, 0) is 83.1 Å². The van der Waals surface area contributed by atoms with E-state index in [1.165, 1.54) is 5.16 Å². The van der Waals surface area contributed by atoms with Crippen LogP contribution in [0.3, 0.4) is 0 Å². The predicted octanol–water partition coefficient (Wildman–Crippen LogP) is 5.69. The summed E-state index contributed by atoms with van der Waals surface area (Å²) in [5.41, 5.74) is 0. The minimum absolute atomic E-state index is 0. The molecule has 0 spiro atoms. The zero-order valence-electron chi connectivity index (χ0n) is 23.2. The van der Waals surface area contributed by atoms with Crippen molar-refractivity contribution in [1.82, 2.24) is 14.2 Å². The molecule has 0 radical (unpaired) electrons. The van der Waals surface area contributed by atoms with Crippen molar-refractivity contribution in [2.75, 3.05) is 0 Å². The van der Waals surface area contributed by atoms with Gasteiger partial charge in [0.2, 0.25) is 0 Å². The maximum atomic E-state index is 7.50. The van der Waals surface area contributed by atoms with Gasteiger partial charge >= 0.3 is 56.5 Å². The summed E-state index contributed by atoms with van der Waals surface area (Å²) >= 11 is 0. The molecule has 0 unspecified atom stereocenters. The molecule has 0 heterocycles. The third kappa shape index (κ3) is 21.6. The fourth-order valence-electron chi connectivity index (χ4n) is 3.59. The van der Waals surface area contributed by atoms with Gasteiger partial charge in [0, 0.05) is 57.3 Å². The zero-order valence-corrected chi connectivity index (χ0v) is 28.0. The van der Waals surface area contributed by atoms with Crippen molar-refractivity contribution in [3.8, 4) is 0 Å². The van der Waals surface area contributed by atoms with Gasteiger partial charge in [-0.2, -0.15) is 0 Å². The standard InChI is InChI=1S/C19H43N3P2.5CO.W/c1-13(2)20(14(3)4)19(23)24(21(15(5)6)16(7)8)22(17(9)10)18(11)12;5*1-2;/h13-18,23H,1-12H3;;;;;;. The summed E-state index contributed by atoms with van der Waals surface area (Å²) in [6.45, 7) is 50.2. The van der Waals surface area contributed by atoms with Gasteiger partial charge in [0.1, 0.15) is 0 Å². The average Bonchev–Trinajstić information content (AvgIpc) is 2.78. The summed E-state index contributed by atoms with van der Waals surface area (Å²) in [6.07, 6.45) is 0. The first-order valence-electron chi connectivity index (χ1n) is 10.6. The summed E-state index contributed by atoms with van der Waals surface area (Å²) in [5.74, 6) is 0. The van der Waals surface area contributed by atoms with E-state index in [1.54, 1.807) is 0 Å². The van der Waals surface area contributed by atoms with Gasteiger partial charge in [-0.1, -0.05) is 8.86 Å². The summed E-state index contributed by atoms with van der Waals surface area (Å²) in [4.78, 5) is 2.54. The van der Waals surface area contributed by atoms with Crippen molar-refractivity contribution in [2.24, 2.45) is 0 Å². The second-order valence-corrected chi connectivity index (χ2v) is 11.2. The Balaban J connectivity index is -0.000000126. The van der Waals surface area contributed by atoms with Crippen molar-refractivity contribution in [1.29, 1.82) is 0 Å². The van der Waals surface area contributed by atoms with Crippen molar-refractivity contribution in [3.63, 3.8) is 0 Å². The minimum Gasteiger partial charge on any atom is 0 e. The molecule has 0 aromatic carbocycles. The van der Waals surface area contributed by atoms with Crippen LogP contribution in [-0.4, -0.2) is 55.7 Å². The fourth-order valence-corrected chi connectivity index (χ4v) is 7.90. The molecule has 0 aliphatic rings. The van der Waals surface area contributed by atoms with E-state index in [1.807, 2.05) is 0 Å². The van der Waals surface area contributed by atoms with Crippen molar-refractivity contribution in [3.05, 3.63) is 33.3 Å². The summed E-state index contributed by atoms with van der Waals surface area (Å²) in [5, 5.41) is 1.35. The third-order valence-electron chi connectivity index (χ3n) is 4.10. The molecule has 0 aromatic heterocycles. The molecule has 8 nitrogen and oxygen atoms in total. The smallest absolute Gasteiger partial charge is 0 e. The van der Waals surface area contributed by atoms with Crippen LogP contribution >= 0.6 is 17.1 Å². The van der Waals surface area contributed by atoms with Gasteiger partial charge in [0.05, 0.1) is 13.4 Å². The fraction of sp³-hybridized carbons (Fsp3) is 0.750. The van der Waals surface area contributed by atoms with Crippen molar-refractivity contribution in [2.45, 2.75) is 119 Å². The van der Waals surface area contributed by atoms with Crippen molar-refractivity contribution >= 4 is 22.2 Å². The Bertz CT molecular complexity index is 511. The van der Waals surface area contributed by atoms with E-state index in [0.717, 1.165) is 0 Å². The Labute approximate surface area is 232 Å². The Kier molecular flexibility index (Phi) is 49.8. The second kappa shape index (κ2) is 33.9. The molecule has 0 N–H and O–H groups in total. The van der Waals surface area contributed by atoms with E-state index in [0.29, 0.717) is 36.3 Å². The molecule has 0 fully saturated rings. The van der Waals surface area contributed by atoms with Gasteiger partial charge in [-0.25, -0.2) is 0 Å². The second-order valence-electron chi connectivity index (χ2n) is 8.34. The van der Waals surface area contributed by atoms with Crippen LogP contribution in [-0.2, 0) is 44.3 Å². The molecule has 0 amide bonds. The molecule has 0 bridgehead atoms. The molecule has 0 aliphatic heterocycles. The first-order valence-corrected chi connectivity index (χ1v) is 12.3. The number of hydrogen-bond donors (Lipinski definition) is 0. The van der Waals surface area contributed by atoms with Crippen LogP contribution in [0.2, 0.25) is 0 Å². The summed E-state index contributed by atoms with van der Waals surface area (Å²) in [6, 6.07) is 2.97. The van der Waals surface area contributed by atoms with Gasteiger partial charge in [-0.3, -0.25) is 14.2 Å². The largest absolute Gasteiger partial charge is 0 e. The van der Waals surface area contributed by atoms with E-state index in [9.17, 15) is 0 Å². The van der Waals surface area contributed by atoms with E-state index in [-0.39, 0.29) is 21.1 Å². The van der Waals surface area contributed by atoms with E-state index < -0.39 is 8.22 Å². The van der Waals surface area contributed by atoms with E-state index in [2.05, 4.69) is 139 Å². The van der Waals surface area contributed by atoms with Gasteiger partial charge in [-0.15, -0.1) is 0 Å². The molecule has 200 valence electrons. The van der Waals surface area contributed by atoms with Crippen LogP contribution in [0.5, 0.6) is 0 Å². The summed E-state index contributed by atoms with van der Waals surface area (Å²) < 4.78 is 42.9.